The summed E-state index contributed by atoms with van der Waals surface area (Å²) in [5.41, 5.74) is 0.924. The van der Waals surface area contributed by atoms with Crippen molar-refractivity contribution in [1.82, 2.24) is 0 Å². The molecule has 0 spiro atoms. The zero-order chi connectivity index (χ0) is 14.9. The van der Waals surface area contributed by atoms with E-state index in [-0.39, 0.29) is 10.6 Å². The van der Waals surface area contributed by atoms with Crippen molar-refractivity contribution >= 4 is 56.7 Å². The number of benzene rings is 2. The average molecular weight is 394 g/mol. The van der Waals surface area contributed by atoms with Crippen LogP contribution in [0.1, 0.15) is 15.9 Å². The molecule has 0 aliphatic heterocycles. The molecule has 0 heterocycles. The van der Waals surface area contributed by atoms with Crippen LogP contribution < -0.4 is 4.74 Å². The van der Waals surface area contributed by atoms with E-state index in [0.717, 1.165) is 10.0 Å². The van der Waals surface area contributed by atoms with Crippen molar-refractivity contribution in [2.45, 2.75) is 6.92 Å². The van der Waals surface area contributed by atoms with Gasteiger partial charge >= 0.3 is 5.97 Å². The Morgan fingerprint density at radius 3 is 2.45 bits per heavy atom. The molecule has 0 amide bonds. The van der Waals surface area contributed by atoms with Gasteiger partial charge in [-0.1, -0.05) is 50.7 Å². The number of esters is 1. The molecule has 2 nitrogen and oxygen atoms in total. The van der Waals surface area contributed by atoms with E-state index in [9.17, 15) is 4.79 Å². The molecule has 6 heteroatoms. The maximum absolute atomic E-state index is 12.1. The average Bonchev–Trinajstić information content (AvgIpc) is 2.36. The SMILES string of the molecule is Cc1cc(Br)cc(Cl)c1OC(=O)c1cc(Cl)ccc1Cl. The van der Waals surface area contributed by atoms with Crippen LogP contribution in [0.4, 0.5) is 0 Å². The van der Waals surface area contributed by atoms with Gasteiger partial charge in [-0.3, -0.25) is 0 Å². The third-order valence-corrected chi connectivity index (χ3v) is 3.84. The fraction of sp³-hybridized carbons (Fsp3) is 0.0714. The van der Waals surface area contributed by atoms with Gasteiger partial charge in [-0.15, -0.1) is 0 Å². The van der Waals surface area contributed by atoms with Crippen LogP contribution in [0.3, 0.4) is 0 Å². The monoisotopic (exact) mass is 392 g/mol. The van der Waals surface area contributed by atoms with Gasteiger partial charge in [0.15, 0.2) is 5.75 Å². The maximum atomic E-state index is 12.1. The topological polar surface area (TPSA) is 26.3 Å². The van der Waals surface area contributed by atoms with E-state index in [1.54, 1.807) is 25.1 Å². The molecule has 0 atom stereocenters. The summed E-state index contributed by atoms with van der Waals surface area (Å²) in [5.74, 6) is -0.305. The standard InChI is InChI=1S/C14H8BrCl3O2/c1-7-4-8(15)5-12(18)13(7)20-14(19)10-6-9(16)2-3-11(10)17/h2-6H,1H3. The normalized spacial score (nSPS) is 10.4. The third-order valence-electron chi connectivity index (χ3n) is 2.54. The second-order valence-corrected chi connectivity index (χ2v) is 6.21. The highest BCUT2D eigenvalue weighted by Gasteiger charge is 2.17. The minimum Gasteiger partial charge on any atom is -0.421 e. The van der Waals surface area contributed by atoms with Crippen LogP contribution in [0.5, 0.6) is 5.75 Å². The number of ether oxygens (including phenoxy) is 1. The minimum absolute atomic E-state index is 0.192. The smallest absolute Gasteiger partial charge is 0.345 e. The van der Waals surface area contributed by atoms with Gasteiger partial charge in [0.1, 0.15) is 0 Å². The number of hydrogen-bond acceptors (Lipinski definition) is 2. The van der Waals surface area contributed by atoms with Crippen molar-refractivity contribution in [2.24, 2.45) is 0 Å². The molecule has 0 radical (unpaired) electrons. The number of carbonyl (C=O) groups is 1. The first kappa shape index (κ1) is 15.6. The van der Waals surface area contributed by atoms with Crippen LogP contribution in [-0.2, 0) is 0 Å². The summed E-state index contributed by atoms with van der Waals surface area (Å²) in [6.45, 7) is 1.79. The van der Waals surface area contributed by atoms with E-state index >= 15 is 0 Å². The minimum atomic E-state index is -0.607. The number of hydrogen-bond donors (Lipinski definition) is 0. The van der Waals surface area contributed by atoms with Crippen molar-refractivity contribution in [1.29, 1.82) is 0 Å². The lowest BCUT2D eigenvalue weighted by atomic mass is 10.2. The zero-order valence-electron chi connectivity index (χ0n) is 10.2. The largest absolute Gasteiger partial charge is 0.421 e. The number of halogens is 4. The predicted molar refractivity (Wildman–Crippen MR) is 85.3 cm³/mol. The molecule has 0 bridgehead atoms. The summed E-state index contributed by atoms with van der Waals surface area (Å²) in [6, 6.07) is 8.04. The van der Waals surface area contributed by atoms with Crippen molar-refractivity contribution in [2.75, 3.05) is 0 Å². The molecule has 0 fully saturated rings. The lowest BCUT2D eigenvalue weighted by Gasteiger charge is -2.11. The Morgan fingerprint density at radius 2 is 1.80 bits per heavy atom. The first-order chi connectivity index (χ1) is 9.38. The molecule has 2 aromatic carbocycles. The number of carbonyl (C=O) groups excluding carboxylic acids is 1. The maximum Gasteiger partial charge on any atom is 0.345 e. The summed E-state index contributed by atoms with van der Waals surface area (Å²) in [4.78, 5) is 12.1. The Bertz CT molecular complexity index is 663. The molecule has 0 aliphatic carbocycles. The van der Waals surface area contributed by atoms with Gasteiger partial charge in [0, 0.05) is 9.50 Å². The van der Waals surface area contributed by atoms with Gasteiger partial charge in [-0.05, 0) is 42.8 Å². The van der Waals surface area contributed by atoms with Gasteiger partial charge in [-0.25, -0.2) is 4.79 Å². The summed E-state index contributed by atoms with van der Waals surface area (Å²) >= 11 is 21.2. The van der Waals surface area contributed by atoms with E-state index in [2.05, 4.69) is 15.9 Å². The Labute approximate surface area is 139 Å². The van der Waals surface area contributed by atoms with Gasteiger partial charge in [0.2, 0.25) is 0 Å². The molecule has 0 aliphatic rings. The van der Waals surface area contributed by atoms with E-state index in [1.165, 1.54) is 12.1 Å². The Hall–Kier alpha value is -0.740. The first-order valence-corrected chi connectivity index (χ1v) is 7.44. The van der Waals surface area contributed by atoms with Crippen LogP contribution in [-0.4, -0.2) is 5.97 Å². The second-order valence-electron chi connectivity index (χ2n) is 4.05. The Kier molecular flexibility index (Phi) is 4.97. The third kappa shape index (κ3) is 3.47. The van der Waals surface area contributed by atoms with Gasteiger partial charge in [0.05, 0.1) is 15.6 Å². The molecule has 2 aromatic rings. The summed E-state index contributed by atoms with van der Waals surface area (Å²) < 4.78 is 6.12. The van der Waals surface area contributed by atoms with Gasteiger partial charge in [-0.2, -0.15) is 0 Å². The fourth-order valence-corrected chi connectivity index (χ4v) is 3.00. The van der Waals surface area contributed by atoms with E-state index < -0.39 is 5.97 Å². The van der Waals surface area contributed by atoms with Gasteiger partial charge < -0.3 is 4.74 Å². The van der Waals surface area contributed by atoms with Crippen molar-refractivity contribution in [3.8, 4) is 5.75 Å². The van der Waals surface area contributed by atoms with Crippen LogP contribution >= 0.6 is 50.7 Å². The lowest BCUT2D eigenvalue weighted by molar-refractivity contribution is 0.0734. The van der Waals surface area contributed by atoms with Gasteiger partial charge in [0.25, 0.3) is 0 Å². The fourth-order valence-electron chi connectivity index (χ4n) is 1.62. The predicted octanol–water partition coefficient (Wildman–Crippen LogP) is 5.94. The summed E-state index contributed by atoms with van der Waals surface area (Å²) in [5, 5.41) is 1.01. The lowest BCUT2D eigenvalue weighted by Crippen LogP contribution is -2.10. The summed E-state index contributed by atoms with van der Waals surface area (Å²) in [7, 11) is 0. The van der Waals surface area contributed by atoms with E-state index in [0.29, 0.717) is 15.8 Å². The van der Waals surface area contributed by atoms with E-state index in [1.807, 2.05) is 0 Å². The van der Waals surface area contributed by atoms with Crippen molar-refractivity contribution in [3.05, 3.63) is 61.0 Å². The van der Waals surface area contributed by atoms with Crippen molar-refractivity contribution in [3.63, 3.8) is 0 Å². The van der Waals surface area contributed by atoms with Crippen LogP contribution in [0.15, 0.2) is 34.8 Å². The molecule has 20 heavy (non-hydrogen) atoms. The molecule has 0 unspecified atom stereocenters. The molecular weight excluding hydrogens is 386 g/mol. The number of rotatable bonds is 2. The van der Waals surface area contributed by atoms with Crippen LogP contribution in [0.25, 0.3) is 0 Å². The molecule has 0 aromatic heterocycles. The molecule has 0 N–H and O–H groups in total. The molecule has 104 valence electrons. The Balaban J connectivity index is 2.35. The molecule has 0 saturated heterocycles. The molecule has 0 saturated carbocycles. The van der Waals surface area contributed by atoms with Crippen LogP contribution in [0, 0.1) is 6.92 Å². The summed E-state index contributed by atoms with van der Waals surface area (Å²) in [6.07, 6.45) is 0. The van der Waals surface area contributed by atoms with Crippen molar-refractivity contribution < 1.29 is 9.53 Å². The number of aryl methyl sites for hydroxylation is 1. The highest BCUT2D eigenvalue weighted by Crippen LogP contribution is 2.33. The quantitative estimate of drug-likeness (QED) is 0.466. The highest BCUT2D eigenvalue weighted by atomic mass is 79.9. The van der Waals surface area contributed by atoms with Crippen LogP contribution in [0.2, 0.25) is 15.1 Å². The molecule has 2 rings (SSSR count). The van der Waals surface area contributed by atoms with E-state index in [4.69, 9.17) is 39.5 Å². The second kappa shape index (κ2) is 6.35. The highest BCUT2D eigenvalue weighted by molar-refractivity contribution is 9.10. The zero-order valence-corrected chi connectivity index (χ0v) is 14.1. The molecular formula is C14H8BrCl3O2. The first-order valence-electron chi connectivity index (χ1n) is 5.51. The Morgan fingerprint density at radius 1 is 1.10 bits per heavy atom.